The van der Waals surface area contributed by atoms with E-state index in [-0.39, 0.29) is 6.54 Å². The highest BCUT2D eigenvalue weighted by atomic mass is 16.4. The predicted octanol–water partition coefficient (Wildman–Crippen LogP) is 0.130. The van der Waals surface area contributed by atoms with Crippen LogP contribution in [0.15, 0.2) is 0 Å². The van der Waals surface area contributed by atoms with E-state index in [1.165, 1.54) is 6.42 Å². The van der Waals surface area contributed by atoms with E-state index in [1.807, 2.05) is 0 Å². The molecule has 0 amide bonds. The number of fused-ring (bicyclic) bond motifs is 3. The molecule has 0 aromatic rings. The summed E-state index contributed by atoms with van der Waals surface area (Å²) in [5, 5.41) is 8.75. The van der Waals surface area contributed by atoms with Gasteiger partial charge in [0.25, 0.3) is 0 Å². The molecule has 80 valence electrons. The molecule has 0 radical (unpaired) electrons. The van der Waals surface area contributed by atoms with Crippen LogP contribution in [0.2, 0.25) is 0 Å². The molecule has 2 aliphatic heterocycles. The molecule has 1 saturated carbocycles. The Morgan fingerprint density at radius 1 is 1.50 bits per heavy atom. The fourth-order valence-electron chi connectivity index (χ4n) is 2.98. The first kappa shape index (κ1) is 9.93. The van der Waals surface area contributed by atoms with Gasteiger partial charge < -0.3 is 10.8 Å². The highest BCUT2D eigenvalue weighted by Gasteiger charge is 2.39. The minimum atomic E-state index is -0.707. The van der Waals surface area contributed by atoms with Gasteiger partial charge in [0.05, 0.1) is 6.54 Å². The van der Waals surface area contributed by atoms with Crippen LogP contribution in [0.5, 0.6) is 0 Å². The number of hydrogen-bond acceptors (Lipinski definition) is 3. The zero-order chi connectivity index (χ0) is 10.1. The van der Waals surface area contributed by atoms with Crippen molar-refractivity contribution < 1.29 is 9.90 Å². The first-order valence-corrected chi connectivity index (χ1v) is 5.36. The molecule has 0 aromatic heterocycles. The number of carbonyl (C=O) groups is 1. The summed E-state index contributed by atoms with van der Waals surface area (Å²) in [6, 6.07) is 0.477. The lowest BCUT2D eigenvalue weighted by atomic mass is 9.72. The third-order valence-electron chi connectivity index (χ3n) is 3.74. The van der Waals surface area contributed by atoms with Gasteiger partial charge in [-0.15, -0.1) is 0 Å². The number of rotatable bonds is 3. The van der Waals surface area contributed by atoms with Crippen LogP contribution >= 0.6 is 0 Å². The maximum Gasteiger partial charge on any atom is 0.317 e. The van der Waals surface area contributed by atoms with Crippen LogP contribution in [0.3, 0.4) is 0 Å². The van der Waals surface area contributed by atoms with Gasteiger partial charge >= 0.3 is 5.97 Å². The molecule has 3 unspecified atom stereocenters. The monoisotopic (exact) mass is 198 g/mol. The van der Waals surface area contributed by atoms with Gasteiger partial charge in [0.1, 0.15) is 0 Å². The summed E-state index contributed by atoms with van der Waals surface area (Å²) in [7, 11) is 0. The van der Waals surface area contributed by atoms with Gasteiger partial charge in [0.2, 0.25) is 0 Å². The molecule has 2 heterocycles. The number of nitrogens with zero attached hydrogens (tertiary/aromatic N) is 1. The van der Waals surface area contributed by atoms with Crippen molar-refractivity contribution in [1.82, 2.24) is 4.90 Å². The van der Waals surface area contributed by atoms with Gasteiger partial charge in [-0.1, -0.05) is 0 Å². The molecule has 2 bridgehead atoms. The predicted molar refractivity (Wildman–Crippen MR) is 52.9 cm³/mol. The largest absolute Gasteiger partial charge is 0.480 e. The highest BCUT2D eigenvalue weighted by molar-refractivity contribution is 5.69. The van der Waals surface area contributed by atoms with Crippen molar-refractivity contribution in [3.05, 3.63) is 0 Å². The SMILES string of the molecule is NCC1CC2CCC1CN2CC(=O)O. The molecule has 3 atom stereocenters. The number of piperidine rings is 2. The molecule has 0 spiro atoms. The van der Waals surface area contributed by atoms with E-state index in [9.17, 15) is 4.79 Å². The number of hydrogen-bond donors (Lipinski definition) is 2. The molecule has 4 nitrogen and oxygen atoms in total. The first-order valence-electron chi connectivity index (χ1n) is 5.36. The Morgan fingerprint density at radius 2 is 2.29 bits per heavy atom. The summed E-state index contributed by atoms with van der Waals surface area (Å²) in [4.78, 5) is 12.7. The van der Waals surface area contributed by atoms with E-state index in [2.05, 4.69) is 4.90 Å². The molecular formula is C10H18N2O2. The second kappa shape index (κ2) is 3.87. The van der Waals surface area contributed by atoms with E-state index < -0.39 is 5.97 Å². The molecule has 4 heteroatoms. The summed E-state index contributed by atoms with van der Waals surface area (Å²) >= 11 is 0. The number of aliphatic carboxylic acids is 1. The molecule has 2 saturated heterocycles. The lowest BCUT2D eigenvalue weighted by molar-refractivity contribution is -0.141. The molecule has 1 aliphatic carbocycles. The molecule has 3 rings (SSSR count). The van der Waals surface area contributed by atoms with Crippen molar-refractivity contribution in [1.29, 1.82) is 0 Å². The average Bonchev–Trinajstić information content (AvgIpc) is 2.17. The fraction of sp³-hybridized carbons (Fsp3) is 0.900. The Hall–Kier alpha value is -0.610. The minimum Gasteiger partial charge on any atom is -0.480 e. The van der Waals surface area contributed by atoms with E-state index >= 15 is 0 Å². The van der Waals surface area contributed by atoms with E-state index in [1.54, 1.807) is 0 Å². The van der Waals surface area contributed by atoms with Crippen LogP contribution in [-0.4, -0.2) is 41.7 Å². The Labute approximate surface area is 84.1 Å². The summed E-state index contributed by atoms with van der Waals surface area (Å²) in [6.07, 6.45) is 3.51. The topological polar surface area (TPSA) is 66.6 Å². The third-order valence-corrected chi connectivity index (χ3v) is 3.74. The van der Waals surface area contributed by atoms with Crippen LogP contribution in [0.25, 0.3) is 0 Å². The standard InChI is InChI=1S/C10H18N2O2/c11-4-8-3-9-2-1-7(8)5-12(9)6-10(13)14/h7-9H,1-6,11H2,(H,13,14). The maximum absolute atomic E-state index is 10.6. The molecule has 3 N–H and O–H groups in total. The number of carboxylic acids is 1. The normalized spacial score (nSPS) is 37.4. The average molecular weight is 198 g/mol. The van der Waals surface area contributed by atoms with Crippen molar-refractivity contribution in [2.45, 2.75) is 25.3 Å². The number of nitrogens with two attached hydrogens (primary N) is 1. The fourth-order valence-corrected chi connectivity index (χ4v) is 2.98. The molecule has 14 heavy (non-hydrogen) atoms. The summed E-state index contributed by atoms with van der Waals surface area (Å²) in [6.45, 7) is 1.92. The second-order valence-corrected chi connectivity index (χ2v) is 4.55. The van der Waals surface area contributed by atoms with Gasteiger partial charge in [0.15, 0.2) is 0 Å². The molecular weight excluding hydrogens is 180 g/mol. The Morgan fingerprint density at radius 3 is 2.79 bits per heavy atom. The third kappa shape index (κ3) is 1.77. The van der Waals surface area contributed by atoms with Crippen molar-refractivity contribution in [3.8, 4) is 0 Å². The van der Waals surface area contributed by atoms with Crippen LogP contribution in [0.4, 0.5) is 0 Å². The zero-order valence-corrected chi connectivity index (χ0v) is 8.35. The highest BCUT2D eigenvalue weighted by Crippen LogP contribution is 2.38. The summed E-state index contributed by atoms with van der Waals surface area (Å²) in [5.41, 5.74) is 5.70. The lowest BCUT2D eigenvalue weighted by Crippen LogP contribution is -2.54. The molecule has 3 fully saturated rings. The molecule has 3 aliphatic rings. The van der Waals surface area contributed by atoms with Gasteiger partial charge in [0, 0.05) is 12.6 Å². The van der Waals surface area contributed by atoms with Gasteiger partial charge in [-0.2, -0.15) is 0 Å². The van der Waals surface area contributed by atoms with Crippen LogP contribution < -0.4 is 5.73 Å². The van der Waals surface area contributed by atoms with Crippen molar-refractivity contribution in [2.75, 3.05) is 19.6 Å². The zero-order valence-electron chi connectivity index (χ0n) is 8.35. The van der Waals surface area contributed by atoms with Gasteiger partial charge in [-0.25, -0.2) is 0 Å². The molecule has 0 aromatic carbocycles. The van der Waals surface area contributed by atoms with Gasteiger partial charge in [-0.05, 0) is 37.6 Å². The summed E-state index contributed by atoms with van der Waals surface area (Å²) < 4.78 is 0. The van der Waals surface area contributed by atoms with E-state index in [4.69, 9.17) is 10.8 Å². The number of carboxylic acid groups (broad SMARTS) is 1. The van der Waals surface area contributed by atoms with Crippen LogP contribution in [-0.2, 0) is 4.79 Å². The van der Waals surface area contributed by atoms with Crippen LogP contribution in [0.1, 0.15) is 19.3 Å². The Bertz CT molecular complexity index is 232. The quantitative estimate of drug-likeness (QED) is 0.676. The minimum absolute atomic E-state index is 0.207. The van der Waals surface area contributed by atoms with Gasteiger partial charge in [-0.3, -0.25) is 9.69 Å². The Kier molecular flexibility index (Phi) is 2.74. The lowest BCUT2D eigenvalue weighted by Gasteiger charge is -2.48. The van der Waals surface area contributed by atoms with Crippen molar-refractivity contribution in [3.63, 3.8) is 0 Å². The second-order valence-electron chi connectivity index (χ2n) is 4.55. The summed E-state index contributed by atoms with van der Waals surface area (Å²) in [5.74, 6) is 0.574. The van der Waals surface area contributed by atoms with E-state index in [0.717, 1.165) is 25.9 Å². The maximum atomic E-state index is 10.6. The van der Waals surface area contributed by atoms with Crippen molar-refractivity contribution >= 4 is 5.97 Å². The first-order chi connectivity index (χ1) is 6.70. The Balaban J connectivity index is 1.97. The van der Waals surface area contributed by atoms with E-state index in [0.29, 0.717) is 17.9 Å². The smallest absolute Gasteiger partial charge is 0.317 e. The van der Waals surface area contributed by atoms with Crippen molar-refractivity contribution in [2.24, 2.45) is 17.6 Å². The van der Waals surface area contributed by atoms with Crippen LogP contribution in [0, 0.1) is 11.8 Å².